The van der Waals surface area contributed by atoms with Crippen LogP contribution in [0.15, 0.2) is 21.7 Å². The smallest absolute Gasteiger partial charge is 0.0604 e. The zero-order valence-electron chi connectivity index (χ0n) is 6.95. The third kappa shape index (κ3) is 1.53. The second-order valence-corrected chi connectivity index (χ2v) is 5.99. The number of hydrogen-bond donors (Lipinski definition) is 1. The molecule has 0 unspecified atom stereocenters. The standard InChI is InChI=1S/C9H13NS2/c10-7-9(4-2-5-9)12-8-3-1-6-11-8/h1,3,6H,2,4-5,7,10H2. The first kappa shape index (κ1) is 8.60. The van der Waals surface area contributed by atoms with Crippen molar-refractivity contribution in [3.8, 4) is 0 Å². The van der Waals surface area contributed by atoms with Gasteiger partial charge in [0.2, 0.25) is 0 Å². The summed E-state index contributed by atoms with van der Waals surface area (Å²) in [6.07, 6.45) is 3.95. The number of thioether (sulfide) groups is 1. The molecule has 2 N–H and O–H groups in total. The van der Waals surface area contributed by atoms with Gasteiger partial charge in [-0.15, -0.1) is 23.1 Å². The van der Waals surface area contributed by atoms with Crippen LogP contribution in [-0.4, -0.2) is 11.3 Å². The zero-order chi connectivity index (χ0) is 8.44. The van der Waals surface area contributed by atoms with Gasteiger partial charge in [0.1, 0.15) is 0 Å². The van der Waals surface area contributed by atoms with E-state index < -0.39 is 0 Å². The molecule has 1 nitrogen and oxygen atoms in total. The van der Waals surface area contributed by atoms with Gasteiger partial charge in [-0.3, -0.25) is 0 Å². The topological polar surface area (TPSA) is 26.0 Å². The van der Waals surface area contributed by atoms with Crippen molar-refractivity contribution in [1.82, 2.24) is 0 Å². The molecule has 0 aliphatic heterocycles. The fourth-order valence-corrected chi connectivity index (χ4v) is 3.94. The summed E-state index contributed by atoms with van der Waals surface area (Å²) < 4.78 is 1.81. The van der Waals surface area contributed by atoms with Crippen molar-refractivity contribution in [2.45, 2.75) is 28.2 Å². The molecule has 0 aromatic carbocycles. The molecule has 1 aliphatic rings. The van der Waals surface area contributed by atoms with E-state index in [1.165, 1.54) is 23.5 Å². The first-order valence-corrected chi connectivity index (χ1v) is 5.97. The summed E-state index contributed by atoms with van der Waals surface area (Å²) in [6.45, 7) is 0.829. The zero-order valence-corrected chi connectivity index (χ0v) is 8.59. The van der Waals surface area contributed by atoms with Gasteiger partial charge in [-0.05, 0) is 24.3 Å². The molecule has 0 radical (unpaired) electrons. The van der Waals surface area contributed by atoms with Gasteiger partial charge in [-0.1, -0.05) is 12.5 Å². The number of hydrogen-bond acceptors (Lipinski definition) is 3. The van der Waals surface area contributed by atoms with Gasteiger partial charge in [-0.25, -0.2) is 0 Å². The van der Waals surface area contributed by atoms with E-state index in [-0.39, 0.29) is 0 Å². The van der Waals surface area contributed by atoms with Gasteiger partial charge >= 0.3 is 0 Å². The molecule has 1 aliphatic carbocycles. The van der Waals surface area contributed by atoms with Crippen LogP contribution in [0, 0.1) is 0 Å². The van der Waals surface area contributed by atoms with Crippen molar-refractivity contribution in [3.05, 3.63) is 17.5 Å². The molecule has 0 saturated heterocycles. The summed E-state index contributed by atoms with van der Waals surface area (Å²) >= 11 is 3.80. The molecule has 1 fully saturated rings. The van der Waals surface area contributed by atoms with E-state index in [4.69, 9.17) is 5.73 Å². The largest absolute Gasteiger partial charge is 0.329 e. The summed E-state index contributed by atoms with van der Waals surface area (Å²) in [7, 11) is 0. The van der Waals surface area contributed by atoms with E-state index in [1.54, 1.807) is 0 Å². The normalized spacial score (nSPS) is 20.4. The Balaban J connectivity index is 2.01. The monoisotopic (exact) mass is 199 g/mol. The Labute approximate surface area is 81.4 Å². The SMILES string of the molecule is NCC1(Sc2cccs2)CCC1. The molecule has 0 amide bonds. The second kappa shape index (κ2) is 3.40. The van der Waals surface area contributed by atoms with Gasteiger partial charge in [0.15, 0.2) is 0 Å². The predicted molar refractivity (Wildman–Crippen MR) is 55.8 cm³/mol. The summed E-state index contributed by atoms with van der Waals surface area (Å²) in [5.74, 6) is 0. The molecular formula is C9H13NS2. The van der Waals surface area contributed by atoms with E-state index >= 15 is 0 Å². The molecule has 0 spiro atoms. The van der Waals surface area contributed by atoms with Crippen LogP contribution in [0.2, 0.25) is 0 Å². The molecule has 1 aromatic rings. The van der Waals surface area contributed by atoms with Gasteiger partial charge < -0.3 is 5.73 Å². The van der Waals surface area contributed by atoms with Crippen LogP contribution in [0.1, 0.15) is 19.3 Å². The fraction of sp³-hybridized carbons (Fsp3) is 0.556. The lowest BCUT2D eigenvalue weighted by atomic mass is 9.84. The molecule has 12 heavy (non-hydrogen) atoms. The van der Waals surface area contributed by atoms with Gasteiger partial charge in [0.05, 0.1) is 4.21 Å². The Bertz CT molecular complexity index is 234. The maximum atomic E-state index is 5.77. The lowest BCUT2D eigenvalue weighted by Gasteiger charge is -2.39. The highest BCUT2D eigenvalue weighted by atomic mass is 32.2. The van der Waals surface area contributed by atoms with Crippen molar-refractivity contribution in [1.29, 1.82) is 0 Å². The molecule has 1 heterocycles. The Morgan fingerprint density at radius 3 is 2.83 bits per heavy atom. The van der Waals surface area contributed by atoms with E-state index in [9.17, 15) is 0 Å². The Kier molecular flexibility index (Phi) is 2.44. The van der Waals surface area contributed by atoms with Crippen LogP contribution in [0.4, 0.5) is 0 Å². The second-order valence-electron chi connectivity index (χ2n) is 3.27. The predicted octanol–water partition coefficient (Wildman–Crippen LogP) is 2.72. The van der Waals surface area contributed by atoms with Crippen LogP contribution in [0.3, 0.4) is 0 Å². The van der Waals surface area contributed by atoms with Crippen LogP contribution >= 0.6 is 23.1 Å². The molecule has 66 valence electrons. The third-order valence-corrected chi connectivity index (χ3v) is 4.99. The van der Waals surface area contributed by atoms with Gasteiger partial charge in [0, 0.05) is 11.3 Å². The fourth-order valence-electron chi connectivity index (χ4n) is 1.45. The van der Waals surface area contributed by atoms with Crippen molar-refractivity contribution in [3.63, 3.8) is 0 Å². The van der Waals surface area contributed by atoms with Crippen molar-refractivity contribution in [2.75, 3.05) is 6.54 Å². The molecule has 0 atom stereocenters. The highest BCUT2D eigenvalue weighted by Crippen LogP contribution is 2.47. The van der Waals surface area contributed by atoms with Gasteiger partial charge in [0.25, 0.3) is 0 Å². The van der Waals surface area contributed by atoms with E-state index in [1.807, 2.05) is 23.1 Å². The average molecular weight is 199 g/mol. The van der Waals surface area contributed by atoms with Crippen LogP contribution in [-0.2, 0) is 0 Å². The van der Waals surface area contributed by atoms with E-state index in [0.717, 1.165) is 6.54 Å². The minimum Gasteiger partial charge on any atom is -0.329 e. The quantitative estimate of drug-likeness (QED) is 0.810. The Hall–Kier alpha value is 0.01000. The molecule has 0 bridgehead atoms. The molecule has 3 heteroatoms. The summed E-state index contributed by atoms with van der Waals surface area (Å²) in [5.41, 5.74) is 5.77. The number of nitrogens with two attached hydrogens (primary N) is 1. The van der Waals surface area contributed by atoms with Crippen molar-refractivity contribution in [2.24, 2.45) is 5.73 Å². The summed E-state index contributed by atoms with van der Waals surface area (Å²) in [5, 5.41) is 2.13. The first-order chi connectivity index (χ1) is 5.85. The minimum absolute atomic E-state index is 0.394. The van der Waals surface area contributed by atoms with E-state index in [2.05, 4.69) is 17.5 Å². The average Bonchev–Trinajstić information content (AvgIpc) is 2.49. The highest BCUT2D eigenvalue weighted by Gasteiger charge is 2.36. The maximum absolute atomic E-state index is 5.77. The Morgan fingerprint density at radius 2 is 2.42 bits per heavy atom. The maximum Gasteiger partial charge on any atom is 0.0604 e. The van der Waals surface area contributed by atoms with Crippen LogP contribution in [0.5, 0.6) is 0 Å². The number of thiophene rings is 1. The Morgan fingerprint density at radius 1 is 1.58 bits per heavy atom. The van der Waals surface area contributed by atoms with Gasteiger partial charge in [-0.2, -0.15) is 0 Å². The summed E-state index contributed by atoms with van der Waals surface area (Å²) in [6, 6.07) is 4.29. The minimum atomic E-state index is 0.394. The lowest BCUT2D eigenvalue weighted by Crippen LogP contribution is -2.40. The van der Waals surface area contributed by atoms with E-state index in [0.29, 0.717) is 4.75 Å². The lowest BCUT2D eigenvalue weighted by molar-refractivity contribution is 0.371. The first-order valence-electron chi connectivity index (χ1n) is 4.27. The highest BCUT2D eigenvalue weighted by molar-refractivity contribution is 8.02. The third-order valence-electron chi connectivity index (χ3n) is 2.45. The molecular weight excluding hydrogens is 186 g/mol. The number of rotatable bonds is 3. The van der Waals surface area contributed by atoms with Crippen molar-refractivity contribution < 1.29 is 0 Å². The van der Waals surface area contributed by atoms with Crippen molar-refractivity contribution >= 4 is 23.1 Å². The van der Waals surface area contributed by atoms with Crippen LogP contribution in [0.25, 0.3) is 0 Å². The van der Waals surface area contributed by atoms with Crippen LogP contribution < -0.4 is 5.73 Å². The molecule has 2 rings (SSSR count). The molecule has 1 saturated carbocycles. The summed E-state index contributed by atoms with van der Waals surface area (Å²) in [4.78, 5) is 0. The molecule has 1 aromatic heterocycles.